The average Bonchev–Trinajstić information content (AvgIpc) is 2.93. The number of benzene rings is 1. The van der Waals surface area contributed by atoms with Crippen LogP contribution in [0.5, 0.6) is 0 Å². The Morgan fingerprint density at radius 2 is 2.05 bits per heavy atom. The molecule has 0 saturated carbocycles. The molecule has 1 atom stereocenters. The van der Waals surface area contributed by atoms with E-state index in [9.17, 15) is 4.39 Å². The van der Waals surface area contributed by atoms with Gasteiger partial charge in [0.15, 0.2) is 0 Å². The Morgan fingerprint density at radius 3 is 2.79 bits per heavy atom. The third-order valence-corrected chi connectivity index (χ3v) is 6.21. The van der Waals surface area contributed by atoms with Gasteiger partial charge in [-0.1, -0.05) is 11.6 Å². The van der Waals surface area contributed by atoms with Crippen molar-refractivity contribution in [3.63, 3.8) is 0 Å². The van der Waals surface area contributed by atoms with E-state index in [2.05, 4.69) is 15.9 Å². The van der Waals surface area contributed by atoms with Crippen molar-refractivity contribution in [3.8, 4) is 0 Å². The predicted octanol–water partition coefficient (Wildman–Crippen LogP) is 5.57. The molecule has 19 heavy (non-hydrogen) atoms. The van der Waals surface area contributed by atoms with Gasteiger partial charge in [0.25, 0.3) is 0 Å². The molecule has 2 N–H and O–H groups in total. The Hall–Kier alpha value is -0.460. The maximum Gasteiger partial charge on any atom is 0.129 e. The van der Waals surface area contributed by atoms with E-state index in [1.165, 1.54) is 15.5 Å². The van der Waals surface area contributed by atoms with E-state index >= 15 is 0 Å². The highest BCUT2D eigenvalue weighted by atomic mass is 79.9. The molecule has 6 heteroatoms. The van der Waals surface area contributed by atoms with Gasteiger partial charge in [-0.3, -0.25) is 0 Å². The number of hydrogen-bond donors (Lipinski definition) is 1. The van der Waals surface area contributed by atoms with E-state index in [0.717, 1.165) is 4.88 Å². The third-order valence-electron chi connectivity index (χ3n) is 2.84. The Balaban J connectivity index is 2.06. The SMILES string of the molecule is NC(c1cc2sccc2s1)c1cc(Cl)c(Br)cc1F. The maximum absolute atomic E-state index is 14.0. The summed E-state index contributed by atoms with van der Waals surface area (Å²) in [6.45, 7) is 0. The van der Waals surface area contributed by atoms with Crippen molar-refractivity contribution in [3.05, 3.63) is 55.4 Å². The van der Waals surface area contributed by atoms with Crippen LogP contribution in [0.2, 0.25) is 5.02 Å². The maximum atomic E-state index is 14.0. The van der Waals surface area contributed by atoms with Gasteiger partial charge < -0.3 is 5.73 Å². The molecule has 0 amide bonds. The Morgan fingerprint density at radius 1 is 1.26 bits per heavy atom. The summed E-state index contributed by atoms with van der Waals surface area (Å²) in [6, 6.07) is 6.51. The van der Waals surface area contributed by atoms with Crippen molar-refractivity contribution in [2.75, 3.05) is 0 Å². The minimum Gasteiger partial charge on any atom is -0.320 e. The molecule has 3 rings (SSSR count). The van der Waals surface area contributed by atoms with Crippen molar-refractivity contribution in [2.24, 2.45) is 5.73 Å². The third kappa shape index (κ3) is 2.45. The van der Waals surface area contributed by atoms with E-state index < -0.39 is 6.04 Å². The topological polar surface area (TPSA) is 26.0 Å². The molecule has 1 aromatic carbocycles. The van der Waals surface area contributed by atoms with E-state index in [-0.39, 0.29) is 5.82 Å². The van der Waals surface area contributed by atoms with Gasteiger partial charge in [0.2, 0.25) is 0 Å². The zero-order chi connectivity index (χ0) is 13.6. The van der Waals surface area contributed by atoms with Crippen molar-refractivity contribution in [1.82, 2.24) is 0 Å². The van der Waals surface area contributed by atoms with Crippen LogP contribution in [0.4, 0.5) is 4.39 Å². The lowest BCUT2D eigenvalue weighted by atomic mass is 10.1. The van der Waals surface area contributed by atoms with Gasteiger partial charge in [0, 0.05) is 24.3 Å². The fourth-order valence-corrected chi connectivity index (χ4v) is 4.50. The van der Waals surface area contributed by atoms with E-state index in [1.54, 1.807) is 28.7 Å². The second kappa shape index (κ2) is 5.14. The monoisotopic (exact) mass is 375 g/mol. The molecule has 0 bridgehead atoms. The summed E-state index contributed by atoms with van der Waals surface area (Å²) in [7, 11) is 0. The van der Waals surface area contributed by atoms with Crippen LogP contribution in [-0.2, 0) is 0 Å². The van der Waals surface area contributed by atoms with Crippen molar-refractivity contribution < 1.29 is 4.39 Å². The Labute approximate surface area is 130 Å². The quantitative estimate of drug-likeness (QED) is 0.582. The molecule has 98 valence electrons. The smallest absolute Gasteiger partial charge is 0.129 e. The van der Waals surface area contributed by atoms with Gasteiger partial charge in [-0.15, -0.1) is 22.7 Å². The first-order valence-electron chi connectivity index (χ1n) is 5.43. The van der Waals surface area contributed by atoms with Gasteiger partial charge in [-0.2, -0.15) is 0 Å². The largest absolute Gasteiger partial charge is 0.320 e. The predicted molar refractivity (Wildman–Crippen MR) is 84.8 cm³/mol. The zero-order valence-corrected chi connectivity index (χ0v) is 13.5. The molecule has 1 nitrogen and oxygen atoms in total. The first kappa shape index (κ1) is 13.5. The molecule has 0 radical (unpaired) electrons. The molecule has 0 aliphatic heterocycles. The lowest BCUT2D eigenvalue weighted by molar-refractivity contribution is 0.600. The molecule has 2 heterocycles. The minimum atomic E-state index is -0.491. The average molecular weight is 377 g/mol. The van der Waals surface area contributed by atoms with Crippen LogP contribution >= 0.6 is 50.2 Å². The fraction of sp³-hybridized carbons (Fsp3) is 0.0769. The number of nitrogens with two attached hydrogens (primary N) is 1. The summed E-state index contributed by atoms with van der Waals surface area (Å²) in [5, 5.41) is 2.50. The standard InChI is InChI=1S/C13H8BrClFNS2/c14-7-4-9(16)6(3-8(7)15)13(17)12-5-11-10(19-12)1-2-18-11/h1-5,13H,17H2. The summed E-state index contributed by atoms with van der Waals surface area (Å²) >= 11 is 12.5. The van der Waals surface area contributed by atoms with Crippen LogP contribution in [0.25, 0.3) is 9.40 Å². The summed E-state index contributed by atoms with van der Waals surface area (Å²) in [6.07, 6.45) is 0. The van der Waals surface area contributed by atoms with Gasteiger partial charge in [0.05, 0.1) is 11.1 Å². The second-order valence-corrected chi connectivity index (χ2v) is 7.39. The molecular formula is C13H8BrClFNS2. The first-order valence-corrected chi connectivity index (χ1v) is 8.30. The van der Waals surface area contributed by atoms with Gasteiger partial charge in [0.1, 0.15) is 5.82 Å². The summed E-state index contributed by atoms with van der Waals surface area (Å²) in [4.78, 5) is 0.944. The van der Waals surface area contributed by atoms with E-state index in [1.807, 2.05) is 17.5 Å². The lowest BCUT2D eigenvalue weighted by Crippen LogP contribution is -2.12. The highest BCUT2D eigenvalue weighted by molar-refractivity contribution is 9.10. The van der Waals surface area contributed by atoms with Crippen LogP contribution in [0.15, 0.2) is 34.1 Å². The number of hydrogen-bond acceptors (Lipinski definition) is 3. The highest BCUT2D eigenvalue weighted by Gasteiger charge is 2.18. The number of thiophene rings is 2. The van der Waals surface area contributed by atoms with Crippen molar-refractivity contribution in [1.29, 1.82) is 0 Å². The molecule has 1 unspecified atom stereocenters. The van der Waals surface area contributed by atoms with Crippen LogP contribution in [-0.4, -0.2) is 0 Å². The van der Waals surface area contributed by atoms with E-state index in [4.69, 9.17) is 17.3 Å². The van der Waals surface area contributed by atoms with E-state index in [0.29, 0.717) is 15.1 Å². The fourth-order valence-electron chi connectivity index (χ4n) is 1.87. The molecule has 0 fully saturated rings. The van der Waals surface area contributed by atoms with Crippen LogP contribution in [0.1, 0.15) is 16.5 Å². The molecule has 0 spiro atoms. The molecular weight excluding hydrogens is 369 g/mol. The summed E-state index contributed by atoms with van der Waals surface area (Å²) in [5.74, 6) is -0.347. The van der Waals surface area contributed by atoms with Crippen molar-refractivity contribution >= 4 is 59.6 Å². The van der Waals surface area contributed by atoms with Crippen LogP contribution in [0.3, 0.4) is 0 Å². The van der Waals surface area contributed by atoms with Gasteiger partial charge >= 0.3 is 0 Å². The summed E-state index contributed by atoms with van der Waals surface area (Å²) < 4.78 is 16.9. The number of fused-ring (bicyclic) bond motifs is 1. The molecule has 0 saturated heterocycles. The molecule has 2 aromatic heterocycles. The number of halogens is 3. The minimum absolute atomic E-state index is 0.347. The summed E-state index contributed by atoms with van der Waals surface area (Å²) in [5.41, 5.74) is 6.58. The Kier molecular flexibility index (Phi) is 3.66. The normalized spacial score (nSPS) is 13.1. The second-order valence-electron chi connectivity index (χ2n) is 4.06. The molecule has 3 aromatic rings. The lowest BCUT2D eigenvalue weighted by Gasteiger charge is -2.12. The van der Waals surface area contributed by atoms with Gasteiger partial charge in [-0.05, 0) is 45.6 Å². The Bertz CT molecular complexity index is 724. The van der Waals surface area contributed by atoms with Crippen LogP contribution in [0, 0.1) is 5.82 Å². The highest BCUT2D eigenvalue weighted by Crippen LogP contribution is 2.37. The zero-order valence-electron chi connectivity index (χ0n) is 9.49. The van der Waals surface area contributed by atoms with Crippen LogP contribution < -0.4 is 5.73 Å². The molecule has 0 aliphatic carbocycles. The number of rotatable bonds is 2. The van der Waals surface area contributed by atoms with Gasteiger partial charge in [-0.25, -0.2) is 4.39 Å². The van der Waals surface area contributed by atoms with Crippen molar-refractivity contribution in [2.45, 2.75) is 6.04 Å². The molecule has 0 aliphatic rings. The first-order chi connectivity index (χ1) is 9.06.